The Hall–Kier alpha value is -2.80. The summed E-state index contributed by atoms with van der Waals surface area (Å²) in [6.07, 6.45) is 2.50. The van der Waals surface area contributed by atoms with E-state index in [0.29, 0.717) is 37.7 Å². The predicted octanol–water partition coefficient (Wildman–Crippen LogP) is 2.22. The molecule has 7 nitrogen and oxygen atoms in total. The second-order valence-electron chi connectivity index (χ2n) is 6.94. The van der Waals surface area contributed by atoms with Crippen LogP contribution in [0.5, 0.6) is 11.6 Å². The quantitative estimate of drug-likeness (QED) is 0.789. The summed E-state index contributed by atoms with van der Waals surface area (Å²) >= 11 is 0. The molecule has 2 aliphatic heterocycles. The van der Waals surface area contributed by atoms with Gasteiger partial charge in [0.05, 0.1) is 26.0 Å². The fourth-order valence-corrected chi connectivity index (χ4v) is 3.61. The van der Waals surface area contributed by atoms with Crippen molar-refractivity contribution in [3.05, 3.63) is 48.2 Å². The molecule has 148 valence electrons. The lowest BCUT2D eigenvalue weighted by Crippen LogP contribution is -2.48. The molecule has 2 aromatic rings. The molecule has 28 heavy (non-hydrogen) atoms. The van der Waals surface area contributed by atoms with Gasteiger partial charge in [-0.25, -0.2) is 4.98 Å². The van der Waals surface area contributed by atoms with E-state index in [1.165, 1.54) is 0 Å². The fraction of sp³-hybridized carbons (Fsp3) is 0.429. The van der Waals surface area contributed by atoms with Crippen LogP contribution in [0.3, 0.4) is 0 Å². The molecule has 0 bridgehead atoms. The smallest absolute Gasteiger partial charge is 0.254 e. The van der Waals surface area contributed by atoms with Crippen LogP contribution in [0.15, 0.2) is 42.6 Å². The van der Waals surface area contributed by atoms with Crippen molar-refractivity contribution in [3.63, 3.8) is 0 Å². The van der Waals surface area contributed by atoms with Crippen molar-refractivity contribution >= 4 is 11.6 Å². The number of carbonyl (C=O) groups is 1. The van der Waals surface area contributed by atoms with Crippen LogP contribution < -0.4 is 14.4 Å². The van der Waals surface area contributed by atoms with E-state index in [2.05, 4.69) is 16.0 Å². The van der Waals surface area contributed by atoms with Crippen LogP contribution in [0.1, 0.15) is 16.8 Å². The molecule has 1 atom stereocenters. The largest absolute Gasteiger partial charge is 0.495 e. The van der Waals surface area contributed by atoms with Crippen molar-refractivity contribution in [3.8, 4) is 11.6 Å². The Morgan fingerprint density at radius 2 is 2.00 bits per heavy atom. The molecule has 0 saturated carbocycles. The van der Waals surface area contributed by atoms with Crippen LogP contribution in [0.4, 0.5) is 5.69 Å². The van der Waals surface area contributed by atoms with E-state index in [4.69, 9.17) is 14.2 Å². The lowest BCUT2D eigenvalue weighted by Gasteiger charge is -2.36. The van der Waals surface area contributed by atoms with E-state index >= 15 is 0 Å². The number of carbonyl (C=O) groups excluding carboxylic acids is 1. The van der Waals surface area contributed by atoms with Gasteiger partial charge in [0.25, 0.3) is 5.91 Å². The Morgan fingerprint density at radius 1 is 1.18 bits per heavy atom. The van der Waals surface area contributed by atoms with Crippen molar-refractivity contribution in [1.29, 1.82) is 0 Å². The molecule has 1 aromatic carbocycles. The van der Waals surface area contributed by atoms with Crippen molar-refractivity contribution in [2.24, 2.45) is 0 Å². The molecule has 1 amide bonds. The molecule has 0 aliphatic carbocycles. The molecule has 0 radical (unpaired) electrons. The Kier molecular flexibility index (Phi) is 5.62. The monoisotopic (exact) mass is 383 g/mol. The molecular formula is C21H25N3O4. The molecule has 3 heterocycles. The summed E-state index contributed by atoms with van der Waals surface area (Å²) in [4.78, 5) is 21.3. The summed E-state index contributed by atoms with van der Waals surface area (Å²) in [5, 5.41) is 0. The molecule has 0 N–H and O–H groups in total. The highest BCUT2D eigenvalue weighted by Gasteiger charge is 2.24. The number of hydrogen-bond donors (Lipinski definition) is 0. The number of anilines is 1. The van der Waals surface area contributed by atoms with Crippen LogP contribution in [0, 0.1) is 0 Å². The molecule has 0 spiro atoms. The third-order valence-corrected chi connectivity index (χ3v) is 5.15. The number of rotatable bonds is 5. The third-order valence-electron chi connectivity index (χ3n) is 5.15. The topological polar surface area (TPSA) is 64.1 Å². The van der Waals surface area contributed by atoms with E-state index in [9.17, 15) is 4.79 Å². The maximum absolute atomic E-state index is 12.9. The highest BCUT2D eigenvalue weighted by atomic mass is 16.5. The minimum absolute atomic E-state index is 0.00889. The Morgan fingerprint density at radius 3 is 2.75 bits per heavy atom. The molecule has 1 unspecified atom stereocenters. The van der Waals surface area contributed by atoms with Gasteiger partial charge in [0.2, 0.25) is 5.88 Å². The van der Waals surface area contributed by atoms with Gasteiger partial charge in [-0.1, -0.05) is 12.1 Å². The van der Waals surface area contributed by atoms with Crippen LogP contribution in [0.2, 0.25) is 0 Å². The van der Waals surface area contributed by atoms with E-state index in [1.54, 1.807) is 25.4 Å². The van der Waals surface area contributed by atoms with Gasteiger partial charge in [-0.3, -0.25) is 4.79 Å². The third kappa shape index (κ3) is 4.04. The van der Waals surface area contributed by atoms with E-state index in [1.807, 2.05) is 23.1 Å². The second-order valence-corrected chi connectivity index (χ2v) is 6.94. The number of methoxy groups -OCH3 is 1. The number of pyridine rings is 1. The predicted molar refractivity (Wildman–Crippen MR) is 105 cm³/mol. The number of ether oxygens (including phenoxy) is 3. The van der Waals surface area contributed by atoms with E-state index in [-0.39, 0.29) is 12.0 Å². The number of nitrogens with zero attached hydrogens (tertiary/aromatic N) is 3. The summed E-state index contributed by atoms with van der Waals surface area (Å²) < 4.78 is 16.6. The summed E-state index contributed by atoms with van der Waals surface area (Å²) in [5.74, 6) is 1.35. The summed E-state index contributed by atoms with van der Waals surface area (Å²) in [7, 11) is 1.68. The Balaban J connectivity index is 1.38. The molecule has 7 heteroatoms. The molecule has 4 rings (SSSR count). The van der Waals surface area contributed by atoms with E-state index in [0.717, 1.165) is 30.9 Å². The highest BCUT2D eigenvalue weighted by molar-refractivity contribution is 5.94. The van der Waals surface area contributed by atoms with Crippen LogP contribution in [0.25, 0.3) is 0 Å². The number of para-hydroxylation sites is 2. The van der Waals surface area contributed by atoms with Gasteiger partial charge in [-0.05, 0) is 18.2 Å². The zero-order valence-corrected chi connectivity index (χ0v) is 16.0. The zero-order valence-electron chi connectivity index (χ0n) is 16.0. The first-order valence-electron chi connectivity index (χ1n) is 9.62. The molecule has 1 aromatic heterocycles. The number of benzene rings is 1. The minimum atomic E-state index is 0.00889. The van der Waals surface area contributed by atoms with Crippen molar-refractivity contribution in [2.75, 3.05) is 51.4 Å². The lowest BCUT2D eigenvalue weighted by molar-refractivity contribution is 0.0745. The highest BCUT2D eigenvalue weighted by Crippen LogP contribution is 2.28. The molecule has 2 fully saturated rings. The van der Waals surface area contributed by atoms with Gasteiger partial charge in [0.1, 0.15) is 11.9 Å². The maximum atomic E-state index is 12.9. The summed E-state index contributed by atoms with van der Waals surface area (Å²) in [6.45, 7) is 4.13. The molecule has 2 aliphatic rings. The average molecular weight is 383 g/mol. The molecule has 2 saturated heterocycles. The van der Waals surface area contributed by atoms with Crippen LogP contribution in [-0.4, -0.2) is 68.4 Å². The second kappa shape index (κ2) is 8.48. The maximum Gasteiger partial charge on any atom is 0.254 e. The van der Waals surface area contributed by atoms with Crippen molar-refractivity contribution in [1.82, 2.24) is 9.88 Å². The van der Waals surface area contributed by atoms with Gasteiger partial charge in [0, 0.05) is 50.4 Å². The number of hydrogen-bond acceptors (Lipinski definition) is 6. The van der Waals surface area contributed by atoms with Gasteiger partial charge in [-0.15, -0.1) is 0 Å². The fourth-order valence-electron chi connectivity index (χ4n) is 3.61. The first-order valence-corrected chi connectivity index (χ1v) is 9.62. The minimum Gasteiger partial charge on any atom is -0.495 e. The Labute approximate surface area is 164 Å². The van der Waals surface area contributed by atoms with Crippen molar-refractivity contribution in [2.45, 2.75) is 12.5 Å². The van der Waals surface area contributed by atoms with Crippen molar-refractivity contribution < 1.29 is 19.0 Å². The average Bonchev–Trinajstić information content (AvgIpc) is 3.26. The first-order chi connectivity index (χ1) is 13.7. The zero-order chi connectivity index (χ0) is 19.3. The first kappa shape index (κ1) is 18.6. The number of piperazine rings is 1. The lowest BCUT2D eigenvalue weighted by atomic mass is 10.2. The summed E-state index contributed by atoms with van der Waals surface area (Å²) in [6, 6.07) is 11.4. The Bertz CT molecular complexity index is 815. The van der Waals surface area contributed by atoms with E-state index < -0.39 is 0 Å². The van der Waals surface area contributed by atoms with Gasteiger partial charge in [-0.2, -0.15) is 0 Å². The van der Waals surface area contributed by atoms with Gasteiger partial charge in [0.15, 0.2) is 0 Å². The summed E-state index contributed by atoms with van der Waals surface area (Å²) in [5.41, 5.74) is 1.67. The normalized spacial score (nSPS) is 19.5. The number of amides is 1. The van der Waals surface area contributed by atoms with Crippen LogP contribution in [-0.2, 0) is 4.74 Å². The standard InChI is InChI=1S/C21H25N3O4/c1-26-19-5-3-2-4-18(19)23-9-11-24(12-10-23)21(25)16-6-8-22-20(14-16)28-17-7-13-27-15-17/h2-6,8,14,17H,7,9-13,15H2,1H3. The van der Waals surface area contributed by atoms with Gasteiger partial charge < -0.3 is 24.0 Å². The van der Waals surface area contributed by atoms with Gasteiger partial charge >= 0.3 is 0 Å². The van der Waals surface area contributed by atoms with Crippen LogP contribution >= 0.6 is 0 Å². The number of aromatic nitrogens is 1. The molecular weight excluding hydrogens is 358 g/mol. The SMILES string of the molecule is COc1ccccc1N1CCN(C(=O)c2ccnc(OC3CCOC3)c2)CC1.